The smallest absolute Gasteiger partial charge is 0.416 e. The van der Waals surface area contributed by atoms with E-state index in [9.17, 15) is 23.1 Å². The molecule has 6 heteroatoms. The van der Waals surface area contributed by atoms with Crippen LogP contribution >= 0.6 is 0 Å². The fourth-order valence-corrected chi connectivity index (χ4v) is 1.95. The van der Waals surface area contributed by atoms with Crippen LogP contribution in [0.3, 0.4) is 0 Å². The highest BCUT2D eigenvalue weighted by Gasteiger charge is 2.31. The van der Waals surface area contributed by atoms with E-state index in [0.29, 0.717) is 5.56 Å². The molecule has 0 fully saturated rings. The highest BCUT2D eigenvalue weighted by Crippen LogP contribution is 2.33. The number of nitrogen functional groups attached to an aromatic ring is 1. The first-order valence-corrected chi connectivity index (χ1v) is 6.26. The van der Waals surface area contributed by atoms with Crippen LogP contribution in [-0.4, -0.2) is 11.1 Å². The average molecular weight is 307 g/mol. The minimum atomic E-state index is -4.53. The molecule has 0 aliphatic heterocycles. The lowest BCUT2D eigenvalue weighted by Crippen LogP contribution is -2.08. The SMILES string of the molecule is Nc1cc(C(F)(F)F)ccc1/C(=C\c1ccccc1)C(=O)O. The first-order chi connectivity index (χ1) is 10.3. The molecule has 0 spiro atoms. The Bertz CT molecular complexity index is 722. The van der Waals surface area contributed by atoms with Gasteiger partial charge in [-0.3, -0.25) is 0 Å². The molecule has 0 bridgehead atoms. The molecular weight excluding hydrogens is 295 g/mol. The van der Waals surface area contributed by atoms with Crippen LogP contribution in [-0.2, 0) is 11.0 Å². The third-order valence-electron chi connectivity index (χ3n) is 3.01. The molecule has 0 saturated heterocycles. The zero-order valence-electron chi connectivity index (χ0n) is 11.3. The maximum Gasteiger partial charge on any atom is 0.416 e. The molecule has 0 atom stereocenters. The Kier molecular flexibility index (Phi) is 4.21. The predicted octanol–water partition coefficient (Wildman–Crippen LogP) is 3.91. The summed E-state index contributed by atoms with van der Waals surface area (Å²) in [6.07, 6.45) is -3.17. The second-order valence-electron chi connectivity index (χ2n) is 4.57. The quantitative estimate of drug-likeness (QED) is 0.513. The van der Waals surface area contributed by atoms with E-state index in [1.54, 1.807) is 30.3 Å². The first-order valence-electron chi connectivity index (χ1n) is 6.26. The van der Waals surface area contributed by atoms with E-state index in [-0.39, 0.29) is 16.8 Å². The van der Waals surface area contributed by atoms with Crippen LogP contribution in [0.25, 0.3) is 11.6 Å². The Morgan fingerprint density at radius 1 is 1.09 bits per heavy atom. The Labute approximate surface area is 124 Å². The van der Waals surface area contributed by atoms with Crippen molar-refractivity contribution in [3.05, 3.63) is 65.2 Å². The van der Waals surface area contributed by atoms with Gasteiger partial charge in [0.15, 0.2) is 0 Å². The number of anilines is 1. The number of carboxylic acids is 1. The second kappa shape index (κ2) is 5.93. The van der Waals surface area contributed by atoms with Crippen LogP contribution in [0.1, 0.15) is 16.7 Å². The van der Waals surface area contributed by atoms with Gasteiger partial charge in [0.25, 0.3) is 0 Å². The van der Waals surface area contributed by atoms with Crippen LogP contribution in [0, 0.1) is 0 Å². The molecule has 2 aromatic rings. The van der Waals surface area contributed by atoms with Crippen LogP contribution < -0.4 is 5.73 Å². The number of hydrogen-bond donors (Lipinski definition) is 2. The summed E-state index contributed by atoms with van der Waals surface area (Å²) in [5, 5.41) is 9.30. The van der Waals surface area contributed by atoms with Gasteiger partial charge in [-0.15, -0.1) is 0 Å². The Hall–Kier alpha value is -2.76. The lowest BCUT2D eigenvalue weighted by atomic mass is 9.99. The van der Waals surface area contributed by atoms with Gasteiger partial charge >= 0.3 is 12.1 Å². The molecule has 3 N–H and O–H groups in total. The summed E-state index contributed by atoms with van der Waals surface area (Å²) in [6, 6.07) is 11.2. The molecule has 0 aliphatic carbocycles. The second-order valence-corrected chi connectivity index (χ2v) is 4.57. The number of carboxylic acid groups (broad SMARTS) is 1. The lowest BCUT2D eigenvalue weighted by molar-refractivity contribution is -0.137. The topological polar surface area (TPSA) is 63.3 Å². The van der Waals surface area contributed by atoms with Crippen molar-refractivity contribution < 1.29 is 23.1 Å². The van der Waals surface area contributed by atoms with Gasteiger partial charge in [-0.25, -0.2) is 4.79 Å². The van der Waals surface area contributed by atoms with E-state index >= 15 is 0 Å². The molecule has 0 aliphatic rings. The number of benzene rings is 2. The fourth-order valence-electron chi connectivity index (χ4n) is 1.95. The predicted molar refractivity (Wildman–Crippen MR) is 77.8 cm³/mol. The molecule has 0 heterocycles. The number of aliphatic carboxylic acids is 1. The minimum absolute atomic E-state index is 0.0457. The van der Waals surface area contributed by atoms with Crippen molar-refractivity contribution in [3.8, 4) is 0 Å². The van der Waals surface area contributed by atoms with Crippen molar-refractivity contribution in [2.75, 3.05) is 5.73 Å². The van der Waals surface area contributed by atoms with E-state index in [1.165, 1.54) is 6.08 Å². The molecule has 0 radical (unpaired) electrons. The highest BCUT2D eigenvalue weighted by atomic mass is 19.4. The van der Waals surface area contributed by atoms with E-state index in [0.717, 1.165) is 18.2 Å². The number of halogens is 3. The van der Waals surface area contributed by atoms with E-state index in [4.69, 9.17) is 5.73 Å². The summed E-state index contributed by atoms with van der Waals surface area (Å²) in [6.45, 7) is 0. The number of hydrogen-bond acceptors (Lipinski definition) is 2. The Morgan fingerprint density at radius 3 is 2.23 bits per heavy atom. The van der Waals surface area contributed by atoms with Crippen molar-refractivity contribution in [3.63, 3.8) is 0 Å². The summed E-state index contributed by atoms with van der Waals surface area (Å²) in [4.78, 5) is 11.4. The van der Waals surface area contributed by atoms with Gasteiger partial charge in [0.1, 0.15) is 0 Å². The monoisotopic (exact) mass is 307 g/mol. The number of nitrogens with two attached hydrogens (primary N) is 1. The zero-order valence-corrected chi connectivity index (χ0v) is 11.3. The van der Waals surface area contributed by atoms with Crippen molar-refractivity contribution in [1.82, 2.24) is 0 Å². The number of alkyl halides is 3. The van der Waals surface area contributed by atoms with Crippen LogP contribution in [0.2, 0.25) is 0 Å². The van der Waals surface area contributed by atoms with E-state index in [1.807, 2.05) is 0 Å². The normalized spacial score (nSPS) is 12.2. The summed E-state index contributed by atoms with van der Waals surface area (Å²) < 4.78 is 37.9. The largest absolute Gasteiger partial charge is 0.478 e. The van der Waals surface area contributed by atoms with E-state index in [2.05, 4.69) is 0 Å². The van der Waals surface area contributed by atoms with Gasteiger partial charge in [-0.05, 0) is 23.8 Å². The first kappa shape index (κ1) is 15.6. The highest BCUT2D eigenvalue weighted by molar-refractivity contribution is 6.22. The zero-order chi connectivity index (χ0) is 16.3. The van der Waals surface area contributed by atoms with Gasteiger partial charge in [0, 0.05) is 11.3 Å². The van der Waals surface area contributed by atoms with Gasteiger partial charge in [-0.2, -0.15) is 13.2 Å². The molecule has 0 amide bonds. The molecule has 2 rings (SSSR count). The van der Waals surface area contributed by atoms with E-state index < -0.39 is 17.7 Å². The summed E-state index contributed by atoms with van der Waals surface area (Å²) in [7, 11) is 0. The van der Waals surface area contributed by atoms with Gasteiger partial charge in [0.05, 0.1) is 11.1 Å². The average Bonchev–Trinajstić information content (AvgIpc) is 2.45. The van der Waals surface area contributed by atoms with Gasteiger partial charge < -0.3 is 10.8 Å². The van der Waals surface area contributed by atoms with Crippen molar-refractivity contribution in [2.45, 2.75) is 6.18 Å². The molecule has 22 heavy (non-hydrogen) atoms. The molecule has 2 aromatic carbocycles. The molecule has 0 unspecified atom stereocenters. The minimum Gasteiger partial charge on any atom is -0.478 e. The van der Waals surface area contributed by atoms with Crippen LogP contribution in [0.4, 0.5) is 18.9 Å². The molecule has 3 nitrogen and oxygen atoms in total. The summed E-state index contributed by atoms with van der Waals surface area (Å²) in [5.41, 5.74) is 4.94. The van der Waals surface area contributed by atoms with Crippen molar-refractivity contribution in [1.29, 1.82) is 0 Å². The van der Waals surface area contributed by atoms with Crippen LogP contribution in [0.5, 0.6) is 0 Å². The Balaban J connectivity index is 2.51. The molecule has 0 aromatic heterocycles. The van der Waals surface area contributed by atoms with Crippen LogP contribution in [0.15, 0.2) is 48.5 Å². The maximum absolute atomic E-state index is 12.6. The molecule has 114 valence electrons. The number of carbonyl (C=O) groups is 1. The summed E-state index contributed by atoms with van der Waals surface area (Å²) in [5.74, 6) is -1.27. The lowest BCUT2D eigenvalue weighted by Gasteiger charge is -2.11. The van der Waals surface area contributed by atoms with Gasteiger partial charge in [-0.1, -0.05) is 36.4 Å². The third kappa shape index (κ3) is 3.46. The molecular formula is C16H12F3NO2. The van der Waals surface area contributed by atoms with Crippen molar-refractivity contribution in [2.24, 2.45) is 0 Å². The molecule has 0 saturated carbocycles. The summed E-state index contributed by atoms with van der Waals surface area (Å²) >= 11 is 0. The van der Waals surface area contributed by atoms with Crippen molar-refractivity contribution >= 4 is 23.3 Å². The Morgan fingerprint density at radius 2 is 1.73 bits per heavy atom. The number of rotatable bonds is 3. The maximum atomic E-state index is 12.6. The van der Waals surface area contributed by atoms with Gasteiger partial charge in [0.2, 0.25) is 0 Å². The third-order valence-corrected chi connectivity index (χ3v) is 3.01. The standard InChI is InChI=1S/C16H12F3NO2/c17-16(18,19)11-6-7-12(14(20)9-11)13(15(21)22)8-10-4-2-1-3-5-10/h1-9H,20H2,(H,21,22)/b13-8+. The fraction of sp³-hybridized carbons (Fsp3) is 0.0625.